The van der Waals surface area contributed by atoms with E-state index in [0.29, 0.717) is 17.0 Å². The molecule has 2 rings (SSSR count). The maximum Gasteiger partial charge on any atom is 0.356 e. The van der Waals surface area contributed by atoms with Gasteiger partial charge in [-0.15, -0.1) is 0 Å². The summed E-state index contributed by atoms with van der Waals surface area (Å²) in [6.45, 7) is 5.85. The summed E-state index contributed by atoms with van der Waals surface area (Å²) >= 11 is 0. The Hall–Kier alpha value is -2.70. The molecule has 0 saturated carbocycles. The van der Waals surface area contributed by atoms with Crippen molar-refractivity contribution in [3.8, 4) is 11.3 Å². The minimum atomic E-state index is -0.458. The smallest absolute Gasteiger partial charge is 0.356 e. The summed E-state index contributed by atoms with van der Waals surface area (Å²) in [7, 11) is 0. The normalized spacial score (nSPS) is 10.7. The molecule has 0 bridgehead atoms. The van der Waals surface area contributed by atoms with Gasteiger partial charge in [0.2, 0.25) is 0 Å². The molecule has 1 aromatic carbocycles. The molecule has 0 spiro atoms. The molecule has 116 valence electrons. The third-order valence-corrected chi connectivity index (χ3v) is 3.08. The first-order valence-electron chi connectivity index (χ1n) is 6.95. The second kappa shape index (κ2) is 6.38. The van der Waals surface area contributed by atoms with Gasteiger partial charge in [0.1, 0.15) is 5.69 Å². The molecule has 0 amide bonds. The molecule has 2 aromatic rings. The quantitative estimate of drug-likeness (QED) is 0.481. The summed E-state index contributed by atoms with van der Waals surface area (Å²) in [5, 5.41) is 15.1. The fraction of sp³-hybridized carbons (Fsp3) is 0.333. The third kappa shape index (κ3) is 3.13. The van der Waals surface area contributed by atoms with Gasteiger partial charge >= 0.3 is 5.97 Å². The minimum absolute atomic E-state index is 0.00814. The van der Waals surface area contributed by atoms with Crippen LogP contribution in [0.1, 0.15) is 37.3 Å². The summed E-state index contributed by atoms with van der Waals surface area (Å²) in [5.41, 5.74) is 1.66. The first-order valence-corrected chi connectivity index (χ1v) is 6.95. The second-order valence-electron chi connectivity index (χ2n) is 4.98. The van der Waals surface area contributed by atoms with Gasteiger partial charge in [0.25, 0.3) is 5.69 Å². The predicted octanol–water partition coefficient (Wildman–Crippen LogP) is 3.22. The summed E-state index contributed by atoms with van der Waals surface area (Å²) in [5.74, 6) is -0.433. The van der Waals surface area contributed by atoms with Gasteiger partial charge in [-0.1, -0.05) is 0 Å². The van der Waals surface area contributed by atoms with Crippen molar-refractivity contribution in [1.82, 2.24) is 9.78 Å². The van der Waals surface area contributed by atoms with E-state index in [0.717, 1.165) is 0 Å². The van der Waals surface area contributed by atoms with E-state index in [4.69, 9.17) is 4.74 Å². The Labute approximate surface area is 127 Å². The molecule has 0 N–H and O–H groups in total. The van der Waals surface area contributed by atoms with Gasteiger partial charge in [-0.05, 0) is 39.0 Å². The molecule has 0 unspecified atom stereocenters. The fourth-order valence-corrected chi connectivity index (χ4v) is 2.04. The highest BCUT2D eigenvalue weighted by Gasteiger charge is 2.19. The van der Waals surface area contributed by atoms with Crippen molar-refractivity contribution in [2.45, 2.75) is 26.8 Å². The van der Waals surface area contributed by atoms with Crippen molar-refractivity contribution in [2.24, 2.45) is 0 Å². The Morgan fingerprint density at radius 3 is 2.50 bits per heavy atom. The van der Waals surface area contributed by atoms with Gasteiger partial charge in [-0.2, -0.15) is 5.10 Å². The molecule has 0 radical (unpaired) electrons. The lowest BCUT2D eigenvalue weighted by molar-refractivity contribution is -0.384. The van der Waals surface area contributed by atoms with Gasteiger partial charge in [0.05, 0.1) is 17.2 Å². The van der Waals surface area contributed by atoms with Gasteiger partial charge in [0, 0.05) is 23.7 Å². The topological polar surface area (TPSA) is 87.3 Å². The number of nitro groups is 1. The average molecular weight is 303 g/mol. The van der Waals surface area contributed by atoms with Crippen LogP contribution in [0.15, 0.2) is 30.3 Å². The molecule has 22 heavy (non-hydrogen) atoms. The first-order chi connectivity index (χ1) is 10.4. The molecule has 0 atom stereocenters. The summed E-state index contributed by atoms with van der Waals surface area (Å²) in [6, 6.07) is 7.67. The Morgan fingerprint density at radius 2 is 2.00 bits per heavy atom. The van der Waals surface area contributed by atoms with E-state index < -0.39 is 10.9 Å². The molecule has 7 nitrogen and oxygen atoms in total. The SMILES string of the molecule is CCOC(=O)c1cc(-c2ccc([N+](=O)[O-])cc2)nn1C(C)C. The lowest BCUT2D eigenvalue weighted by Gasteiger charge is -2.09. The number of nitro benzene ring substituents is 1. The van der Waals surface area contributed by atoms with Crippen molar-refractivity contribution in [2.75, 3.05) is 6.61 Å². The van der Waals surface area contributed by atoms with E-state index in [-0.39, 0.29) is 18.3 Å². The van der Waals surface area contributed by atoms with Crippen LogP contribution in [0.3, 0.4) is 0 Å². The molecule has 1 aromatic heterocycles. The van der Waals surface area contributed by atoms with Crippen molar-refractivity contribution >= 4 is 11.7 Å². The fourth-order valence-electron chi connectivity index (χ4n) is 2.04. The van der Waals surface area contributed by atoms with Crippen molar-refractivity contribution in [3.63, 3.8) is 0 Å². The Bertz CT molecular complexity index is 689. The molecule has 0 aliphatic rings. The van der Waals surface area contributed by atoms with Gasteiger partial charge in [-0.3, -0.25) is 14.8 Å². The highest BCUT2D eigenvalue weighted by atomic mass is 16.6. The van der Waals surface area contributed by atoms with Crippen LogP contribution in [0.5, 0.6) is 0 Å². The van der Waals surface area contributed by atoms with Crippen LogP contribution >= 0.6 is 0 Å². The van der Waals surface area contributed by atoms with E-state index >= 15 is 0 Å². The molecular weight excluding hydrogens is 286 g/mol. The van der Waals surface area contributed by atoms with E-state index in [1.165, 1.54) is 12.1 Å². The number of nitrogens with zero attached hydrogens (tertiary/aromatic N) is 3. The Morgan fingerprint density at radius 1 is 1.36 bits per heavy atom. The maximum absolute atomic E-state index is 12.0. The van der Waals surface area contributed by atoms with Crippen LogP contribution < -0.4 is 0 Å². The molecule has 0 saturated heterocycles. The third-order valence-electron chi connectivity index (χ3n) is 3.08. The van der Waals surface area contributed by atoms with Crippen LogP contribution in [-0.2, 0) is 4.74 Å². The van der Waals surface area contributed by atoms with Crippen LogP contribution in [0.2, 0.25) is 0 Å². The minimum Gasteiger partial charge on any atom is -0.461 e. The summed E-state index contributed by atoms with van der Waals surface area (Å²) in [6.07, 6.45) is 0. The molecule has 1 heterocycles. The number of benzene rings is 1. The molecular formula is C15H17N3O4. The molecule has 0 fully saturated rings. The van der Waals surface area contributed by atoms with Crippen molar-refractivity contribution in [3.05, 3.63) is 46.1 Å². The van der Waals surface area contributed by atoms with E-state index in [1.807, 2.05) is 13.8 Å². The largest absolute Gasteiger partial charge is 0.461 e. The maximum atomic E-state index is 12.0. The van der Waals surface area contributed by atoms with E-state index in [1.54, 1.807) is 29.8 Å². The number of hydrogen-bond acceptors (Lipinski definition) is 5. The second-order valence-corrected chi connectivity index (χ2v) is 4.98. The standard InChI is InChI=1S/C15H17N3O4/c1-4-22-15(19)14-9-13(16-17(14)10(2)3)11-5-7-12(8-6-11)18(20)21/h5-10H,4H2,1-3H3. The van der Waals surface area contributed by atoms with E-state index in [9.17, 15) is 14.9 Å². The number of carbonyl (C=O) groups excluding carboxylic acids is 1. The Kier molecular flexibility index (Phi) is 4.55. The molecule has 0 aliphatic carbocycles. The lowest BCUT2D eigenvalue weighted by Crippen LogP contribution is -2.14. The van der Waals surface area contributed by atoms with Gasteiger partial charge < -0.3 is 4.74 Å². The lowest BCUT2D eigenvalue weighted by atomic mass is 10.1. The van der Waals surface area contributed by atoms with Crippen molar-refractivity contribution in [1.29, 1.82) is 0 Å². The monoisotopic (exact) mass is 303 g/mol. The highest BCUT2D eigenvalue weighted by molar-refractivity contribution is 5.89. The van der Waals surface area contributed by atoms with Crippen molar-refractivity contribution < 1.29 is 14.5 Å². The van der Waals surface area contributed by atoms with Crippen LogP contribution in [-0.4, -0.2) is 27.3 Å². The van der Waals surface area contributed by atoms with Gasteiger partial charge in [0.15, 0.2) is 0 Å². The zero-order valence-electron chi connectivity index (χ0n) is 12.6. The number of non-ortho nitro benzene ring substituents is 1. The van der Waals surface area contributed by atoms with Gasteiger partial charge in [-0.25, -0.2) is 4.79 Å². The predicted molar refractivity (Wildman–Crippen MR) is 80.7 cm³/mol. The van der Waals surface area contributed by atoms with Crippen LogP contribution in [0, 0.1) is 10.1 Å². The van der Waals surface area contributed by atoms with E-state index in [2.05, 4.69) is 5.10 Å². The zero-order chi connectivity index (χ0) is 16.3. The number of hydrogen-bond donors (Lipinski definition) is 0. The first kappa shape index (κ1) is 15.7. The number of aromatic nitrogens is 2. The average Bonchev–Trinajstić information content (AvgIpc) is 2.93. The summed E-state index contributed by atoms with van der Waals surface area (Å²) < 4.78 is 6.62. The van der Waals surface area contributed by atoms with Crippen LogP contribution in [0.4, 0.5) is 5.69 Å². The molecule has 7 heteroatoms. The number of rotatable bonds is 5. The van der Waals surface area contributed by atoms with Crippen LogP contribution in [0.25, 0.3) is 11.3 Å². The number of ether oxygens (including phenoxy) is 1. The number of carbonyl (C=O) groups is 1. The zero-order valence-corrected chi connectivity index (χ0v) is 12.6. The number of esters is 1. The summed E-state index contributed by atoms with van der Waals surface area (Å²) in [4.78, 5) is 22.2. The highest BCUT2D eigenvalue weighted by Crippen LogP contribution is 2.24. The Balaban J connectivity index is 2.41. The molecule has 0 aliphatic heterocycles.